The maximum Gasteiger partial charge on any atom is 0.230 e. The first-order chi connectivity index (χ1) is 11.0. The molecule has 1 atom stereocenters. The van der Waals surface area contributed by atoms with E-state index in [1.54, 1.807) is 12.1 Å². The van der Waals surface area contributed by atoms with Crippen molar-refractivity contribution in [2.75, 3.05) is 31.9 Å². The fourth-order valence-electron chi connectivity index (χ4n) is 2.57. The molecule has 23 heavy (non-hydrogen) atoms. The van der Waals surface area contributed by atoms with Crippen LogP contribution in [0.15, 0.2) is 29.2 Å². The topological polar surface area (TPSA) is 52.6 Å². The van der Waals surface area contributed by atoms with Crippen molar-refractivity contribution < 1.29 is 14.3 Å². The number of carbonyl (C=O) groups excluding carboxylic acids is 1. The summed E-state index contributed by atoms with van der Waals surface area (Å²) in [6.45, 7) is 5.18. The van der Waals surface area contributed by atoms with Crippen LogP contribution in [0.2, 0.25) is 0 Å². The van der Waals surface area contributed by atoms with Gasteiger partial charge in [-0.1, -0.05) is 6.92 Å². The smallest absolute Gasteiger partial charge is 0.230 e. The zero-order valence-electron chi connectivity index (χ0n) is 13.5. The molecule has 4 nitrogen and oxygen atoms in total. The number of rotatable bonds is 7. The summed E-state index contributed by atoms with van der Waals surface area (Å²) < 4.78 is 12.8. The zero-order chi connectivity index (χ0) is 16.7. The molecule has 0 bridgehead atoms. The maximum absolute atomic E-state index is 12.8. The van der Waals surface area contributed by atoms with Crippen molar-refractivity contribution in [3.8, 4) is 0 Å². The number of β-amino-alcohol motifs (C(OH)–C–C–N with tert-alkyl or cyclic N) is 1. The third-order valence-electron chi connectivity index (χ3n) is 4.06. The fourth-order valence-corrected chi connectivity index (χ4v) is 3.30. The second-order valence-corrected chi connectivity index (χ2v) is 7.23. The Morgan fingerprint density at radius 3 is 2.70 bits per heavy atom. The number of carbonyl (C=O) groups is 1. The third kappa shape index (κ3) is 6.89. The van der Waals surface area contributed by atoms with Gasteiger partial charge in [-0.25, -0.2) is 4.39 Å². The van der Waals surface area contributed by atoms with Gasteiger partial charge in [-0.15, -0.1) is 11.8 Å². The monoisotopic (exact) mass is 340 g/mol. The Kier molecular flexibility index (Phi) is 7.33. The van der Waals surface area contributed by atoms with E-state index in [4.69, 9.17) is 0 Å². The molecule has 0 aliphatic carbocycles. The molecule has 1 fully saturated rings. The number of aliphatic hydroxyl groups is 1. The summed E-state index contributed by atoms with van der Waals surface area (Å²) in [7, 11) is 0. The summed E-state index contributed by atoms with van der Waals surface area (Å²) in [6.07, 6.45) is 1.81. The zero-order valence-corrected chi connectivity index (χ0v) is 14.3. The van der Waals surface area contributed by atoms with Gasteiger partial charge in [-0.05, 0) is 56.1 Å². The van der Waals surface area contributed by atoms with Crippen molar-refractivity contribution in [1.29, 1.82) is 0 Å². The number of hydrogen-bond acceptors (Lipinski definition) is 4. The van der Waals surface area contributed by atoms with Crippen LogP contribution in [-0.2, 0) is 4.79 Å². The molecule has 0 spiro atoms. The number of piperidine rings is 1. The molecule has 2 rings (SSSR count). The largest absolute Gasteiger partial charge is 0.390 e. The molecule has 1 saturated heterocycles. The average molecular weight is 340 g/mol. The molecule has 0 radical (unpaired) electrons. The Hall–Kier alpha value is -1.11. The van der Waals surface area contributed by atoms with E-state index in [9.17, 15) is 14.3 Å². The van der Waals surface area contributed by atoms with Crippen LogP contribution in [0.4, 0.5) is 4.39 Å². The minimum atomic E-state index is -0.539. The summed E-state index contributed by atoms with van der Waals surface area (Å²) in [6, 6.07) is 6.06. The molecule has 1 unspecified atom stereocenters. The van der Waals surface area contributed by atoms with Crippen molar-refractivity contribution in [2.24, 2.45) is 5.92 Å². The molecule has 0 aromatic heterocycles. The van der Waals surface area contributed by atoms with E-state index < -0.39 is 6.10 Å². The highest BCUT2D eigenvalue weighted by Gasteiger charge is 2.18. The van der Waals surface area contributed by atoms with Crippen LogP contribution in [0.25, 0.3) is 0 Å². The van der Waals surface area contributed by atoms with Gasteiger partial charge >= 0.3 is 0 Å². The summed E-state index contributed by atoms with van der Waals surface area (Å²) >= 11 is 1.35. The molecule has 1 amide bonds. The summed E-state index contributed by atoms with van der Waals surface area (Å²) in [4.78, 5) is 14.9. The van der Waals surface area contributed by atoms with E-state index in [0.717, 1.165) is 23.9 Å². The van der Waals surface area contributed by atoms with Gasteiger partial charge in [0.1, 0.15) is 5.82 Å². The van der Waals surface area contributed by atoms with E-state index in [1.807, 2.05) is 0 Å². The van der Waals surface area contributed by atoms with Crippen LogP contribution in [0.5, 0.6) is 0 Å². The molecule has 1 heterocycles. The molecule has 1 aromatic carbocycles. The third-order valence-corrected chi connectivity index (χ3v) is 5.08. The fraction of sp³-hybridized carbons (Fsp3) is 0.588. The minimum Gasteiger partial charge on any atom is -0.390 e. The van der Waals surface area contributed by atoms with Gasteiger partial charge in [0.25, 0.3) is 0 Å². The standard InChI is InChI=1S/C17H25FN2O2S/c1-13-6-8-20(9-7-13)11-15(21)10-19-17(22)12-23-16-4-2-14(18)3-5-16/h2-5,13,15,21H,6-12H2,1H3,(H,19,22). The Morgan fingerprint density at radius 2 is 2.04 bits per heavy atom. The summed E-state index contributed by atoms with van der Waals surface area (Å²) in [5, 5.41) is 12.8. The molecule has 1 aliphatic heterocycles. The van der Waals surface area contributed by atoms with Crippen molar-refractivity contribution >= 4 is 17.7 Å². The number of hydrogen-bond donors (Lipinski definition) is 2. The van der Waals surface area contributed by atoms with E-state index in [0.29, 0.717) is 6.54 Å². The second-order valence-electron chi connectivity index (χ2n) is 6.18. The molecule has 128 valence electrons. The van der Waals surface area contributed by atoms with Gasteiger partial charge in [-0.3, -0.25) is 4.79 Å². The van der Waals surface area contributed by atoms with Gasteiger partial charge in [-0.2, -0.15) is 0 Å². The molecule has 1 aliphatic rings. The van der Waals surface area contributed by atoms with Crippen LogP contribution >= 0.6 is 11.8 Å². The van der Waals surface area contributed by atoms with E-state index in [1.165, 1.54) is 36.7 Å². The molecule has 1 aromatic rings. The number of halogens is 1. The SMILES string of the molecule is CC1CCN(CC(O)CNC(=O)CSc2ccc(F)cc2)CC1. The number of likely N-dealkylation sites (tertiary alicyclic amines) is 1. The normalized spacial score (nSPS) is 17.9. The quantitative estimate of drug-likeness (QED) is 0.747. The van der Waals surface area contributed by atoms with Gasteiger partial charge in [0.15, 0.2) is 0 Å². The number of amides is 1. The lowest BCUT2D eigenvalue weighted by atomic mass is 9.99. The van der Waals surface area contributed by atoms with Gasteiger partial charge in [0.2, 0.25) is 5.91 Å². The lowest BCUT2D eigenvalue weighted by molar-refractivity contribution is -0.119. The number of benzene rings is 1. The summed E-state index contributed by atoms with van der Waals surface area (Å²) in [5.74, 6) is 0.630. The van der Waals surface area contributed by atoms with E-state index >= 15 is 0 Å². The van der Waals surface area contributed by atoms with Crippen molar-refractivity contribution in [3.63, 3.8) is 0 Å². The predicted molar refractivity (Wildman–Crippen MR) is 91.0 cm³/mol. The van der Waals surface area contributed by atoms with E-state index in [2.05, 4.69) is 17.1 Å². The van der Waals surface area contributed by atoms with Gasteiger partial charge in [0, 0.05) is 18.0 Å². The highest BCUT2D eigenvalue weighted by molar-refractivity contribution is 8.00. The van der Waals surface area contributed by atoms with Crippen LogP contribution in [0.1, 0.15) is 19.8 Å². The van der Waals surface area contributed by atoms with E-state index in [-0.39, 0.29) is 24.0 Å². The number of aliphatic hydroxyl groups excluding tert-OH is 1. The lowest BCUT2D eigenvalue weighted by Gasteiger charge is -2.31. The molecule has 2 N–H and O–H groups in total. The average Bonchev–Trinajstić information content (AvgIpc) is 2.54. The number of nitrogens with one attached hydrogen (secondary N) is 1. The maximum atomic E-state index is 12.8. The second kappa shape index (κ2) is 9.25. The van der Waals surface area contributed by atoms with Gasteiger partial charge < -0.3 is 15.3 Å². The first-order valence-corrected chi connectivity index (χ1v) is 9.07. The lowest BCUT2D eigenvalue weighted by Crippen LogP contribution is -2.43. The number of nitrogens with zero attached hydrogens (tertiary/aromatic N) is 1. The Morgan fingerprint density at radius 1 is 1.39 bits per heavy atom. The molecule has 0 saturated carbocycles. The van der Waals surface area contributed by atoms with Crippen LogP contribution in [-0.4, -0.2) is 53.9 Å². The Labute approximate surface area is 141 Å². The van der Waals surface area contributed by atoms with Crippen LogP contribution in [0, 0.1) is 11.7 Å². The van der Waals surface area contributed by atoms with Crippen molar-refractivity contribution in [2.45, 2.75) is 30.8 Å². The summed E-state index contributed by atoms with van der Waals surface area (Å²) in [5.41, 5.74) is 0. The highest BCUT2D eigenvalue weighted by Crippen LogP contribution is 2.18. The van der Waals surface area contributed by atoms with Crippen LogP contribution in [0.3, 0.4) is 0 Å². The molecule has 6 heteroatoms. The molecular weight excluding hydrogens is 315 g/mol. The Balaban J connectivity index is 1.60. The first-order valence-electron chi connectivity index (χ1n) is 8.08. The van der Waals surface area contributed by atoms with Crippen molar-refractivity contribution in [1.82, 2.24) is 10.2 Å². The first kappa shape index (κ1) is 18.2. The van der Waals surface area contributed by atoms with Crippen LogP contribution < -0.4 is 5.32 Å². The molecular formula is C17H25FN2O2S. The number of thioether (sulfide) groups is 1. The predicted octanol–water partition coefficient (Wildman–Crippen LogP) is 2.13. The minimum absolute atomic E-state index is 0.120. The van der Waals surface area contributed by atoms with Gasteiger partial charge in [0.05, 0.1) is 11.9 Å². The highest BCUT2D eigenvalue weighted by atomic mass is 32.2. The van der Waals surface area contributed by atoms with Crippen molar-refractivity contribution in [3.05, 3.63) is 30.1 Å². The Bertz CT molecular complexity index is 490.